The lowest BCUT2D eigenvalue weighted by atomic mass is 9.93. The van der Waals surface area contributed by atoms with Crippen LogP contribution in [0.4, 0.5) is 0 Å². The predicted molar refractivity (Wildman–Crippen MR) is 95.9 cm³/mol. The number of piperazine rings is 1. The van der Waals surface area contributed by atoms with Crippen molar-refractivity contribution in [1.29, 1.82) is 0 Å². The second-order valence-corrected chi connectivity index (χ2v) is 7.80. The fourth-order valence-corrected chi connectivity index (χ4v) is 4.62. The summed E-state index contributed by atoms with van der Waals surface area (Å²) >= 11 is 0. The van der Waals surface area contributed by atoms with Crippen LogP contribution in [0.3, 0.4) is 0 Å². The summed E-state index contributed by atoms with van der Waals surface area (Å²) < 4.78 is 0. The van der Waals surface area contributed by atoms with Gasteiger partial charge in [0.1, 0.15) is 0 Å². The molecule has 3 aliphatic rings. The smallest absolute Gasteiger partial charge is 0.0756 e. The highest BCUT2D eigenvalue weighted by Crippen LogP contribution is 2.25. The molecule has 0 spiro atoms. The Morgan fingerprint density at radius 3 is 2.17 bits per heavy atom. The van der Waals surface area contributed by atoms with Gasteiger partial charge in [0.2, 0.25) is 0 Å². The molecule has 2 saturated heterocycles. The first-order valence-corrected chi connectivity index (χ1v) is 9.76. The van der Waals surface area contributed by atoms with E-state index in [2.05, 4.69) is 31.6 Å². The van der Waals surface area contributed by atoms with Gasteiger partial charge in [0.05, 0.1) is 11.4 Å². The van der Waals surface area contributed by atoms with Crippen LogP contribution in [-0.2, 0) is 6.54 Å². The van der Waals surface area contributed by atoms with E-state index in [0.717, 1.165) is 30.0 Å². The van der Waals surface area contributed by atoms with Crippen molar-refractivity contribution in [2.45, 2.75) is 57.7 Å². The zero-order valence-electron chi connectivity index (χ0n) is 15.0. The highest BCUT2D eigenvalue weighted by atomic mass is 15.4. The first kappa shape index (κ1) is 16.4. The van der Waals surface area contributed by atoms with Gasteiger partial charge in [-0.2, -0.15) is 0 Å². The average molecular weight is 329 g/mol. The van der Waals surface area contributed by atoms with E-state index in [-0.39, 0.29) is 0 Å². The number of nitrogens with zero attached hydrogens (tertiary/aromatic N) is 5. The van der Waals surface area contributed by atoms with Gasteiger partial charge in [-0.15, -0.1) is 0 Å². The molecule has 3 fully saturated rings. The number of hydrogen-bond acceptors (Lipinski definition) is 5. The van der Waals surface area contributed by atoms with E-state index in [1.165, 1.54) is 71.4 Å². The van der Waals surface area contributed by atoms with Crippen LogP contribution in [0.15, 0.2) is 12.4 Å². The third-order valence-corrected chi connectivity index (χ3v) is 6.25. The Morgan fingerprint density at radius 1 is 0.875 bits per heavy atom. The molecular formula is C19H31N5. The summed E-state index contributed by atoms with van der Waals surface area (Å²) in [4.78, 5) is 16.8. The quantitative estimate of drug-likeness (QED) is 0.843. The van der Waals surface area contributed by atoms with Crippen LogP contribution in [0, 0.1) is 6.92 Å². The van der Waals surface area contributed by atoms with E-state index in [4.69, 9.17) is 0 Å². The Kier molecular flexibility index (Phi) is 5.11. The van der Waals surface area contributed by atoms with E-state index in [1.807, 2.05) is 6.20 Å². The lowest BCUT2D eigenvalue weighted by molar-refractivity contribution is -0.0109. The lowest BCUT2D eigenvalue weighted by Gasteiger charge is -2.49. The summed E-state index contributed by atoms with van der Waals surface area (Å²) in [5, 5.41) is 0. The van der Waals surface area contributed by atoms with Crippen LogP contribution in [0.5, 0.6) is 0 Å². The fraction of sp³-hybridized carbons (Fsp3) is 0.789. The topological polar surface area (TPSA) is 35.5 Å². The molecule has 2 aliphatic heterocycles. The molecule has 4 rings (SSSR count). The molecule has 24 heavy (non-hydrogen) atoms. The van der Waals surface area contributed by atoms with Gasteiger partial charge in [0.15, 0.2) is 0 Å². The van der Waals surface area contributed by atoms with Crippen molar-refractivity contribution in [3.8, 4) is 0 Å². The second kappa shape index (κ2) is 7.46. The van der Waals surface area contributed by atoms with Gasteiger partial charge in [0.25, 0.3) is 0 Å². The van der Waals surface area contributed by atoms with E-state index in [1.54, 1.807) is 6.20 Å². The van der Waals surface area contributed by atoms with E-state index in [0.29, 0.717) is 0 Å². The minimum absolute atomic E-state index is 0.760. The number of aromatic nitrogens is 2. The first-order valence-electron chi connectivity index (χ1n) is 9.76. The van der Waals surface area contributed by atoms with E-state index >= 15 is 0 Å². The molecule has 0 unspecified atom stereocenters. The largest absolute Gasteiger partial charge is 0.298 e. The molecule has 1 aromatic heterocycles. The van der Waals surface area contributed by atoms with Gasteiger partial charge in [-0.05, 0) is 19.8 Å². The summed E-state index contributed by atoms with van der Waals surface area (Å²) in [6.45, 7) is 10.5. The van der Waals surface area contributed by atoms with Gasteiger partial charge >= 0.3 is 0 Å². The monoisotopic (exact) mass is 329 g/mol. The second-order valence-electron chi connectivity index (χ2n) is 7.80. The lowest BCUT2D eigenvalue weighted by Crippen LogP contribution is -2.63. The van der Waals surface area contributed by atoms with Crippen LogP contribution < -0.4 is 0 Å². The molecule has 5 nitrogen and oxygen atoms in total. The van der Waals surface area contributed by atoms with Crippen LogP contribution in [0.1, 0.15) is 43.5 Å². The first-order chi connectivity index (χ1) is 11.8. The van der Waals surface area contributed by atoms with Gasteiger partial charge in [0, 0.05) is 70.3 Å². The van der Waals surface area contributed by atoms with E-state index < -0.39 is 0 Å². The minimum Gasteiger partial charge on any atom is -0.298 e. The zero-order valence-corrected chi connectivity index (χ0v) is 15.0. The molecule has 0 bridgehead atoms. The molecule has 0 atom stereocenters. The highest BCUT2D eigenvalue weighted by Gasteiger charge is 2.34. The maximum Gasteiger partial charge on any atom is 0.0756 e. The molecular weight excluding hydrogens is 298 g/mol. The van der Waals surface area contributed by atoms with Crippen molar-refractivity contribution in [2.24, 2.45) is 0 Å². The molecule has 5 heteroatoms. The molecule has 1 aliphatic carbocycles. The molecule has 1 aromatic rings. The van der Waals surface area contributed by atoms with Crippen molar-refractivity contribution in [2.75, 3.05) is 39.3 Å². The standard InChI is InChI=1S/C19H31N5/c1-16-19(21-8-7-20-16)15-22-13-18(14-22)24-11-9-23(10-12-24)17-5-3-2-4-6-17/h7-8,17-18H,2-6,9-15H2,1H3. The SMILES string of the molecule is Cc1nccnc1CN1CC(N2CCN(C3CCCCC3)CC2)C1. The summed E-state index contributed by atoms with van der Waals surface area (Å²) in [6, 6.07) is 1.65. The fourth-order valence-electron chi connectivity index (χ4n) is 4.62. The maximum atomic E-state index is 4.47. The van der Waals surface area contributed by atoms with Crippen molar-refractivity contribution in [1.82, 2.24) is 24.7 Å². The Labute approximate surface area is 146 Å². The Balaban J connectivity index is 1.20. The third kappa shape index (κ3) is 3.63. The maximum absolute atomic E-state index is 4.47. The van der Waals surface area contributed by atoms with Crippen molar-refractivity contribution >= 4 is 0 Å². The van der Waals surface area contributed by atoms with Gasteiger partial charge < -0.3 is 0 Å². The summed E-state index contributed by atoms with van der Waals surface area (Å²) in [7, 11) is 0. The van der Waals surface area contributed by atoms with Crippen LogP contribution in [-0.4, -0.2) is 76.0 Å². The molecule has 1 saturated carbocycles. The summed E-state index contributed by atoms with van der Waals surface area (Å²) in [6.07, 6.45) is 10.8. The summed E-state index contributed by atoms with van der Waals surface area (Å²) in [5.74, 6) is 0. The van der Waals surface area contributed by atoms with Crippen LogP contribution in [0.25, 0.3) is 0 Å². The highest BCUT2D eigenvalue weighted by molar-refractivity contribution is 5.09. The van der Waals surface area contributed by atoms with Crippen LogP contribution in [0.2, 0.25) is 0 Å². The van der Waals surface area contributed by atoms with E-state index in [9.17, 15) is 0 Å². The molecule has 0 amide bonds. The molecule has 132 valence electrons. The number of rotatable bonds is 4. The molecule has 0 aromatic carbocycles. The average Bonchev–Trinajstić information content (AvgIpc) is 2.60. The third-order valence-electron chi connectivity index (χ3n) is 6.25. The molecule has 0 N–H and O–H groups in total. The normalized spacial score (nSPS) is 25.7. The number of aryl methyl sites for hydroxylation is 1. The van der Waals surface area contributed by atoms with Crippen molar-refractivity contribution in [3.63, 3.8) is 0 Å². The van der Waals surface area contributed by atoms with Gasteiger partial charge in [-0.1, -0.05) is 19.3 Å². The predicted octanol–water partition coefficient (Wildman–Crippen LogP) is 1.92. The van der Waals surface area contributed by atoms with Crippen LogP contribution >= 0.6 is 0 Å². The number of likely N-dealkylation sites (tertiary alicyclic amines) is 1. The van der Waals surface area contributed by atoms with Crippen molar-refractivity contribution < 1.29 is 0 Å². The Bertz CT molecular complexity index is 528. The zero-order chi connectivity index (χ0) is 16.4. The Hall–Kier alpha value is -1.04. The van der Waals surface area contributed by atoms with Crippen molar-refractivity contribution in [3.05, 3.63) is 23.8 Å². The number of hydrogen-bond donors (Lipinski definition) is 0. The van der Waals surface area contributed by atoms with Gasteiger partial charge in [-0.25, -0.2) is 0 Å². The summed E-state index contributed by atoms with van der Waals surface area (Å²) in [5.41, 5.74) is 2.21. The minimum atomic E-state index is 0.760. The Morgan fingerprint density at radius 2 is 1.50 bits per heavy atom. The molecule has 0 radical (unpaired) electrons. The van der Waals surface area contributed by atoms with Gasteiger partial charge in [-0.3, -0.25) is 24.7 Å². The molecule has 3 heterocycles.